The molecule has 4 rings (SSSR count). The minimum atomic E-state index is 0.689. The van der Waals surface area contributed by atoms with Crippen LogP contribution in [0, 0.1) is 6.92 Å². The van der Waals surface area contributed by atoms with Crippen LogP contribution >= 0.6 is 11.6 Å². The van der Waals surface area contributed by atoms with Crippen molar-refractivity contribution < 1.29 is 4.74 Å². The highest BCUT2D eigenvalue weighted by molar-refractivity contribution is 6.30. The summed E-state index contributed by atoms with van der Waals surface area (Å²) >= 11 is 5.91. The van der Waals surface area contributed by atoms with Crippen LogP contribution in [-0.2, 0) is 6.54 Å². The SMILES string of the molecule is Cc1ccc(-c2nc3ccccc3n2CCCCOc2ccc(Cl)cc2)cc1. The van der Waals surface area contributed by atoms with Crippen LogP contribution in [0.5, 0.6) is 5.75 Å². The van der Waals surface area contributed by atoms with Crippen LogP contribution in [0.15, 0.2) is 72.8 Å². The van der Waals surface area contributed by atoms with E-state index in [1.807, 2.05) is 30.3 Å². The van der Waals surface area contributed by atoms with Gasteiger partial charge in [0.05, 0.1) is 17.6 Å². The summed E-state index contributed by atoms with van der Waals surface area (Å²) in [6.45, 7) is 3.70. The van der Waals surface area contributed by atoms with Crippen molar-refractivity contribution in [2.45, 2.75) is 26.3 Å². The van der Waals surface area contributed by atoms with Crippen LogP contribution in [0.1, 0.15) is 18.4 Å². The first-order valence-corrected chi connectivity index (χ1v) is 9.99. The molecule has 0 spiro atoms. The number of fused-ring (bicyclic) bond motifs is 1. The van der Waals surface area contributed by atoms with E-state index in [-0.39, 0.29) is 0 Å². The summed E-state index contributed by atoms with van der Waals surface area (Å²) in [5, 5.41) is 0.725. The lowest BCUT2D eigenvalue weighted by Crippen LogP contribution is -2.04. The molecule has 0 atom stereocenters. The van der Waals surface area contributed by atoms with Gasteiger partial charge in [0.25, 0.3) is 0 Å². The topological polar surface area (TPSA) is 27.1 Å². The molecule has 0 radical (unpaired) electrons. The minimum absolute atomic E-state index is 0.689. The number of para-hydroxylation sites is 2. The zero-order valence-electron chi connectivity index (χ0n) is 15.9. The number of nitrogens with zero attached hydrogens (tertiary/aromatic N) is 2. The van der Waals surface area contributed by atoms with Crippen LogP contribution in [0.2, 0.25) is 5.02 Å². The third kappa shape index (κ3) is 4.20. The van der Waals surface area contributed by atoms with E-state index < -0.39 is 0 Å². The fourth-order valence-electron chi connectivity index (χ4n) is 3.32. The summed E-state index contributed by atoms with van der Waals surface area (Å²) in [5.41, 5.74) is 4.62. The first-order chi connectivity index (χ1) is 13.7. The van der Waals surface area contributed by atoms with E-state index in [1.54, 1.807) is 0 Å². The summed E-state index contributed by atoms with van der Waals surface area (Å²) in [7, 11) is 0. The predicted molar refractivity (Wildman–Crippen MR) is 116 cm³/mol. The number of benzene rings is 3. The summed E-state index contributed by atoms with van der Waals surface area (Å²) in [4.78, 5) is 4.89. The molecule has 0 bridgehead atoms. The Morgan fingerprint density at radius 3 is 2.43 bits per heavy atom. The second-order valence-electron chi connectivity index (χ2n) is 6.95. The minimum Gasteiger partial charge on any atom is -0.494 e. The predicted octanol–water partition coefficient (Wildman–Crippen LogP) is 6.52. The van der Waals surface area contributed by atoms with Crippen LogP contribution in [-0.4, -0.2) is 16.2 Å². The molecule has 0 aliphatic rings. The quantitative estimate of drug-likeness (QED) is 0.335. The molecule has 0 aliphatic carbocycles. The summed E-state index contributed by atoms with van der Waals surface area (Å²) in [6, 6.07) is 24.4. The number of hydrogen-bond acceptors (Lipinski definition) is 2. The third-order valence-corrected chi connectivity index (χ3v) is 5.07. The van der Waals surface area contributed by atoms with Gasteiger partial charge < -0.3 is 9.30 Å². The number of halogens is 1. The molecule has 142 valence electrons. The van der Waals surface area contributed by atoms with Gasteiger partial charge in [0.15, 0.2) is 0 Å². The highest BCUT2D eigenvalue weighted by Crippen LogP contribution is 2.25. The Labute approximate surface area is 170 Å². The van der Waals surface area contributed by atoms with Crippen molar-refractivity contribution in [3.8, 4) is 17.1 Å². The second kappa shape index (κ2) is 8.49. The molecule has 0 saturated carbocycles. The molecule has 1 aromatic heterocycles. The molecule has 28 heavy (non-hydrogen) atoms. The van der Waals surface area contributed by atoms with Crippen LogP contribution in [0.4, 0.5) is 0 Å². The van der Waals surface area contributed by atoms with E-state index in [0.717, 1.165) is 47.1 Å². The average molecular weight is 391 g/mol. The number of aromatic nitrogens is 2. The summed E-state index contributed by atoms with van der Waals surface area (Å²) in [5.74, 6) is 1.89. The van der Waals surface area contributed by atoms with Crippen LogP contribution in [0.25, 0.3) is 22.4 Å². The molecule has 3 nitrogen and oxygen atoms in total. The van der Waals surface area contributed by atoms with E-state index in [0.29, 0.717) is 6.61 Å². The Morgan fingerprint density at radius 2 is 1.64 bits per heavy atom. The molecule has 0 unspecified atom stereocenters. The maximum Gasteiger partial charge on any atom is 0.141 e. The Bertz CT molecular complexity index is 1050. The van der Waals surface area contributed by atoms with E-state index >= 15 is 0 Å². The standard InChI is InChI=1S/C24H23ClN2O/c1-18-8-10-19(11-9-18)24-26-22-6-2-3-7-23(22)27(24)16-4-5-17-28-21-14-12-20(25)13-15-21/h2-3,6-15H,4-5,16-17H2,1H3. The van der Waals surface area contributed by atoms with Gasteiger partial charge in [0.1, 0.15) is 11.6 Å². The number of ether oxygens (including phenoxy) is 1. The van der Waals surface area contributed by atoms with Crippen molar-refractivity contribution in [1.82, 2.24) is 9.55 Å². The van der Waals surface area contributed by atoms with E-state index in [9.17, 15) is 0 Å². The highest BCUT2D eigenvalue weighted by Gasteiger charge is 2.12. The molecule has 1 heterocycles. The number of imidazole rings is 1. The van der Waals surface area contributed by atoms with Gasteiger partial charge in [-0.2, -0.15) is 0 Å². The van der Waals surface area contributed by atoms with Gasteiger partial charge >= 0.3 is 0 Å². The summed E-state index contributed by atoms with van der Waals surface area (Å²) < 4.78 is 8.13. The second-order valence-corrected chi connectivity index (χ2v) is 7.39. The van der Waals surface area contributed by atoms with Crippen LogP contribution < -0.4 is 4.74 Å². The van der Waals surface area contributed by atoms with Crippen molar-refractivity contribution in [2.24, 2.45) is 0 Å². The lowest BCUT2D eigenvalue weighted by Gasteiger charge is -2.10. The van der Waals surface area contributed by atoms with Crippen LogP contribution in [0.3, 0.4) is 0 Å². The van der Waals surface area contributed by atoms with E-state index in [1.165, 1.54) is 11.1 Å². The molecule has 0 aliphatic heterocycles. The molecular formula is C24H23ClN2O. The Balaban J connectivity index is 1.45. The molecule has 4 heteroatoms. The van der Waals surface area contributed by atoms with Gasteiger partial charge in [-0.05, 0) is 56.2 Å². The molecule has 4 aromatic rings. The van der Waals surface area contributed by atoms with Crippen molar-refractivity contribution in [1.29, 1.82) is 0 Å². The maximum absolute atomic E-state index is 5.91. The van der Waals surface area contributed by atoms with Crippen molar-refractivity contribution in [3.63, 3.8) is 0 Å². The normalized spacial score (nSPS) is 11.1. The molecule has 0 saturated heterocycles. The monoisotopic (exact) mass is 390 g/mol. The smallest absolute Gasteiger partial charge is 0.141 e. The van der Waals surface area contributed by atoms with E-state index in [4.69, 9.17) is 21.3 Å². The zero-order chi connectivity index (χ0) is 19.3. The zero-order valence-corrected chi connectivity index (χ0v) is 16.7. The lowest BCUT2D eigenvalue weighted by atomic mass is 10.1. The Morgan fingerprint density at radius 1 is 0.893 bits per heavy atom. The number of rotatable bonds is 7. The number of hydrogen-bond donors (Lipinski definition) is 0. The first kappa shape index (κ1) is 18.6. The Hall–Kier alpha value is -2.78. The van der Waals surface area contributed by atoms with Gasteiger partial charge in [-0.1, -0.05) is 53.6 Å². The van der Waals surface area contributed by atoms with Gasteiger partial charge in [-0.3, -0.25) is 0 Å². The molecular weight excluding hydrogens is 368 g/mol. The largest absolute Gasteiger partial charge is 0.494 e. The molecule has 0 N–H and O–H groups in total. The van der Waals surface area contributed by atoms with Crippen molar-refractivity contribution in [3.05, 3.63) is 83.4 Å². The average Bonchev–Trinajstić information content (AvgIpc) is 3.08. The van der Waals surface area contributed by atoms with Crippen molar-refractivity contribution in [2.75, 3.05) is 6.61 Å². The highest BCUT2D eigenvalue weighted by atomic mass is 35.5. The number of unbranched alkanes of at least 4 members (excludes halogenated alkanes) is 1. The van der Waals surface area contributed by atoms with Gasteiger partial charge in [-0.15, -0.1) is 0 Å². The summed E-state index contributed by atoms with van der Waals surface area (Å²) in [6.07, 6.45) is 2.00. The number of aryl methyl sites for hydroxylation is 2. The molecule has 3 aromatic carbocycles. The molecule has 0 amide bonds. The first-order valence-electron chi connectivity index (χ1n) is 9.61. The lowest BCUT2D eigenvalue weighted by molar-refractivity contribution is 0.303. The van der Waals surface area contributed by atoms with Gasteiger partial charge in [-0.25, -0.2) is 4.98 Å². The maximum atomic E-state index is 5.91. The van der Waals surface area contributed by atoms with Gasteiger partial charge in [0.2, 0.25) is 0 Å². The fourth-order valence-corrected chi connectivity index (χ4v) is 3.44. The van der Waals surface area contributed by atoms with Gasteiger partial charge in [0, 0.05) is 17.1 Å². The molecule has 0 fully saturated rings. The van der Waals surface area contributed by atoms with E-state index in [2.05, 4.69) is 54.0 Å². The fraction of sp³-hybridized carbons (Fsp3) is 0.208. The van der Waals surface area contributed by atoms with Crippen molar-refractivity contribution >= 4 is 22.6 Å². The third-order valence-electron chi connectivity index (χ3n) is 4.82. The Kier molecular flexibility index (Phi) is 5.63.